The molecule has 0 atom stereocenters. The SMILES string of the molecule is CN=C(NCc1ccc(S(=O)(=O)NC)cc1)N(C)CCOc1ccc(Cl)cc1. The number of ether oxygens (including phenoxy) is 1. The summed E-state index contributed by atoms with van der Waals surface area (Å²) < 4.78 is 31.5. The zero-order chi connectivity index (χ0) is 20.6. The largest absolute Gasteiger partial charge is 0.492 e. The zero-order valence-corrected chi connectivity index (χ0v) is 17.7. The Labute approximate surface area is 171 Å². The number of nitrogens with one attached hydrogen (secondary N) is 2. The monoisotopic (exact) mass is 424 g/mol. The lowest BCUT2D eigenvalue weighted by molar-refractivity contribution is 0.281. The second-order valence-corrected chi connectivity index (χ2v) is 8.30. The number of hydrogen-bond donors (Lipinski definition) is 2. The first kappa shape index (κ1) is 22.0. The minimum absolute atomic E-state index is 0.236. The molecule has 0 aromatic heterocycles. The van der Waals surface area contributed by atoms with Crippen LogP contribution in [0.4, 0.5) is 0 Å². The van der Waals surface area contributed by atoms with Crippen LogP contribution in [0.3, 0.4) is 0 Å². The Bertz CT molecular complexity index is 884. The molecule has 9 heteroatoms. The van der Waals surface area contributed by atoms with Crippen molar-refractivity contribution < 1.29 is 13.2 Å². The Morgan fingerprint density at radius 1 is 1.14 bits per heavy atom. The van der Waals surface area contributed by atoms with Crippen LogP contribution in [0, 0.1) is 0 Å². The highest BCUT2D eigenvalue weighted by atomic mass is 35.5. The van der Waals surface area contributed by atoms with Gasteiger partial charge in [-0.2, -0.15) is 0 Å². The average Bonchev–Trinajstić information content (AvgIpc) is 2.70. The lowest BCUT2D eigenvalue weighted by Crippen LogP contribution is -2.40. The van der Waals surface area contributed by atoms with Gasteiger partial charge in [-0.25, -0.2) is 13.1 Å². The molecule has 0 aliphatic rings. The Morgan fingerprint density at radius 2 is 1.79 bits per heavy atom. The van der Waals surface area contributed by atoms with Crippen molar-refractivity contribution in [1.82, 2.24) is 14.9 Å². The third-order valence-electron chi connectivity index (χ3n) is 4.04. The summed E-state index contributed by atoms with van der Waals surface area (Å²) in [5, 5.41) is 3.92. The van der Waals surface area contributed by atoms with Gasteiger partial charge in [-0.3, -0.25) is 4.99 Å². The van der Waals surface area contributed by atoms with Crippen molar-refractivity contribution in [2.75, 3.05) is 34.3 Å². The second-order valence-electron chi connectivity index (χ2n) is 5.98. The minimum atomic E-state index is -3.42. The average molecular weight is 425 g/mol. The van der Waals surface area contributed by atoms with Crippen molar-refractivity contribution >= 4 is 27.6 Å². The van der Waals surface area contributed by atoms with Gasteiger partial charge in [-0.1, -0.05) is 23.7 Å². The van der Waals surface area contributed by atoms with E-state index >= 15 is 0 Å². The van der Waals surface area contributed by atoms with Crippen LogP contribution < -0.4 is 14.8 Å². The highest BCUT2D eigenvalue weighted by Crippen LogP contribution is 2.15. The van der Waals surface area contributed by atoms with Crippen LogP contribution >= 0.6 is 11.6 Å². The van der Waals surface area contributed by atoms with Crippen molar-refractivity contribution in [2.24, 2.45) is 4.99 Å². The predicted octanol–water partition coefficient (Wildman–Crippen LogP) is 2.33. The van der Waals surface area contributed by atoms with Gasteiger partial charge in [0.25, 0.3) is 0 Å². The molecule has 2 aromatic rings. The first-order chi connectivity index (χ1) is 13.4. The van der Waals surface area contributed by atoms with Crippen molar-refractivity contribution in [1.29, 1.82) is 0 Å². The molecular formula is C19H25ClN4O3S. The molecule has 0 saturated heterocycles. The molecule has 0 spiro atoms. The summed E-state index contributed by atoms with van der Waals surface area (Å²) in [4.78, 5) is 6.45. The third-order valence-corrected chi connectivity index (χ3v) is 5.72. The smallest absolute Gasteiger partial charge is 0.240 e. The Kier molecular flexibility index (Phi) is 8.10. The first-order valence-electron chi connectivity index (χ1n) is 8.68. The predicted molar refractivity (Wildman–Crippen MR) is 112 cm³/mol. The molecule has 2 N–H and O–H groups in total. The van der Waals surface area contributed by atoms with E-state index in [9.17, 15) is 8.42 Å². The molecule has 2 rings (SSSR count). The van der Waals surface area contributed by atoms with E-state index in [-0.39, 0.29) is 4.90 Å². The van der Waals surface area contributed by atoms with E-state index in [0.29, 0.717) is 30.7 Å². The van der Waals surface area contributed by atoms with Crippen LogP contribution in [0.1, 0.15) is 5.56 Å². The quantitative estimate of drug-likeness (QED) is 0.502. The van der Waals surface area contributed by atoms with E-state index in [1.165, 1.54) is 7.05 Å². The van der Waals surface area contributed by atoms with Gasteiger partial charge < -0.3 is 15.0 Å². The number of likely N-dealkylation sites (N-methyl/N-ethyl adjacent to an activating group) is 1. The number of guanidine groups is 1. The van der Waals surface area contributed by atoms with Crippen molar-refractivity contribution in [2.45, 2.75) is 11.4 Å². The summed E-state index contributed by atoms with van der Waals surface area (Å²) in [5.74, 6) is 1.48. The van der Waals surface area contributed by atoms with E-state index in [1.807, 2.05) is 24.1 Å². The Hall–Kier alpha value is -2.29. The number of benzene rings is 2. The van der Waals surface area contributed by atoms with E-state index in [0.717, 1.165) is 11.3 Å². The van der Waals surface area contributed by atoms with E-state index < -0.39 is 10.0 Å². The van der Waals surface area contributed by atoms with Gasteiger partial charge in [0.05, 0.1) is 11.4 Å². The van der Waals surface area contributed by atoms with E-state index in [2.05, 4.69) is 15.0 Å². The minimum Gasteiger partial charge on any atom is -0.492 e. The maximum Gasteiger partial charge on any atom is 0.240 e. The molecule has 7 nitrogen and oxygen atoms in total. The Balaban J connectivity index is 1.83. The fourth-order valence-electron chi connectivity index (χ4n) is 2.41. The molecule has 28 heavy (non-hydrogen) atoms. The van der Waals surface area contributed by atoms with Gasteiger partial charge in [0.2, 0.25) is 10.0 Å². The topological polar surface area (TPSA) is 83.0 Å². The lowest BCUT2D eigenvalue weighted by atomic mass is 10.2. The van der Waals surface area contributed by atoms with Gasteiger partial charge >= 0.3 is 0 Å². The summed E-state index contributed by atoms with van der Waals surface area (Å²) in [6.45, 7) is 1.66. The van der Waals surface area contributed by atoms with E-state index in [4.69, 9.17) is 16.3 Å². The zero-order valence-electron chi connectivity index (χ0n) is 16.1. The fraction of sp³-hybridized carbons (Fsp3) is 0.316. The van der Waals surface area contributed by atoms with Crippen molar-refractivity contribution in [3.05, 3.63) is 59.1 Å². The number of nitrogens with zero attached hydrogens (tertiary/aromatic N) is 2. The normalized spacial score (nSPS) is 11.9. The third kappa shape index (κ3) is 6.40. The van der Waals surface area contributed by atoms with Crippen LogP contribution in [0.5, 0.6) is 5.75 Å². The second kappa shape index (κ2) is 10.3. The molecule has 0 aliphatic heterocycles. The van der Waals surface area contributed by atoms with E-state index in [1.54, 1.807) is 43.4 Å². The van der Waals surface area contributed by atoms with Gasteiger partial charge in [0.15, 0.2) is 5.96 Å². The first-order valence-corrected chi connectivity index (χ1v) is 10.5. The standard InChI is InChI=1S/C19H25ClN4O3S/c1-21-19(24(3)12-13-27-17-8-6-16(20)7-9-17)23-14-15-4-10-18(11-5-15)28(25,26)22-2/h4-11,22H,12-14H2,1-3H3,(H,21,23). The maximum absolute atomic E-state index is 11.8. The summed E-state index contributed by atoms with van der Waals surface area (Å²) in [7, 11) is 1.60. The highest BCUT2D eigenvalue weighted by molar-refractivity contribution is 7.89. The number of aliphatic imine (C=N–C) groups is 1. The van der Waals surface area contributed by atoms with Gasteiger partial charge in [0, 0.05) is 25.7 Å². The number of sulfonamides is 1. The fourth-order valence-corrected chi connectivity index (χ4v) is 3.26. The molecule has 0 radical (unpaired) electrons. The summed E-state index contributed by atoms with van der Waals surface area (Å²) >= 11 is 5.86. The molecule has 0 saturated carbocycles. The molecule has 0 heterocycles. The summed E-state index contributed by atoms with van der Waals surface area (Å²) in [6.07, 6.45) is 0. The number of hydrogen-bond acceptors (Lipinski definition) is 4. The van der Waals surface area contributed by atoms with Crippen LogP contribution in [0.15, 0.2) is 58.4 Å². The maximum atomic E-state index is 11.8. The molecule has 0 aliphatic carbocycles. The molecule has 0 amide bonds. The van der Waals surface area contributed by atoms with Crippen LogP contribution in [-0.4, -0.2) is 53.6 Å². The van der Waals surface area contributed by atoms with Crippen molar-refractivity contribution in [3.63, 3.8) is 0 Å². The van der Waals surface area contributed by atoms with Crippen LogP contribution in [0.25, 0.3) is 0 Å². The highest BCUT2D eigenvalue weighted by Gasteiger charge is 2.11. The van der Waals surface area contributed by atoms with Gasteiger partial charge in [-0.15, -0.1) is 0 Å². The molecule has 2 aromatic carbocycles. The molecule has 0 unspecified atom stereocenters. The molecule has 152 valence electrons. The van der Waals surface area contributed by atoms with Crippen molar-refractivity contribution in [3.8, 4) is 5.75 Å². The van der Waals surface area contributed by atoms with Crippen LogP contribution in [-0.2, 0) is 16.6 Å². The molecular weight excluding hydrogens is 400 g/mol. The summed E-state index contributed by atoms with van der Waals surface area (Å²) in [5.41, 5.74) is 0.946. The number of halogens is 1. The molecule has 0 bridgehead atoms. The van der Waals surface area contributed by atoms with Gasteiger partial charge in [-0.05, 0) is 49.0 Å². The summed E-state index contributed by atoms with van der Waals surface area (Å²) in [6, 6.07) is 13.9. The lowest BCUT2D eigenvalue weighted by Gasteiger charge is -2.22. The number of rotatable bonds is 8. The Morgan fingerprint density at radius 3 is 2.36 bits per heavy atom. The van der Waals surface area contributed by atoms with Gasteiger partial charge in [0.1, 0.15) is 12.4 Å². The van der Waals surface area contributed by atoms with Crippen LogP contribution in [0.2, 0.25) is 5.02 Å². The molecule has 0 fully saturated rings.